The summed E-state index contributed by atoms with van der Waals surface area (Å²) in [5, 5.41) is 5.69. The maximum absolute atomic E-state index is 12.2. The first kappa shape index (κ1) is 20.0. The van der Waals surface area contributed by atoms with Crippen LogP contribution in [0.3, 0.4) is 0 Å². The first-order chi connectivity index (χ1) is 13.4. The largest absolute Gasteiger partial charge is 0.456 e. The lowest BCUT2D eigenvalue weighted by molar-refractivity contribution is 0.0468. The van der Waals surface area contributed by atoms with Crippen molar-refractivity contribution in [2.45, 2.75) is 11.5 Å². The second kappa shape index (κ2) is 8.51. The van der Waals surface area contributed by atoms with E-state index in [-0.39, 0.29) is 17.1 Å². The Bertz CT molecular complexity index is 1050. The van der Waals surface area contributed by atoms with Gasteiger partial charge in [-0.2, -0.15) is 0 Å². The van der Waals surface area contributed by atoms with Crippen LogP contribution in [-0.4, -0.2) is 37.8 Å². The summed E-state index contributed by atoms with van der Waals surface area (Å²) in [6.45, 7) is 0.0313. The van der Waals surface area contributed by atoms with Gasteiger partial charge >= 0.3 is 5.97 Å². The summed E-state index contributed by atoms with van der Waals surface area (Å²) in [6, 6.07) is 15.3. The van der Waals surface area contributed by atoms with Crippen molar-refractivity contribution < 1.29 is 17.9 Å². The van der Waals surface area contributed by atoms with Gasteiger partial charge in [0.25, 0.3) is 0 Å². The minimum Gasteiger partial charge on any atom is -0.456 e. The van der Waals surface area contributed by atoms with Gasteiger partial charge in [-0.1, -0.05) is 18.2 Å². The molecule has 0 fully saturated rings. The van der Waals surface area contributed by atoms with Crippen LogP contribution in [0.1, 0.15) is 16.1 Å². The zero-order chi connectivity index (χ0) is 20.1. The van der Waals surface area contributed by atoms with Crippen molar-refractivity contribution in [3.8, 4) is 0 Å². The van der Waals surface area contributed by atoms with Crippen LogP contribution in [0.4, 0.5) is 10.8 Å². The molecule has 0 amide bonds. The minimum absolute atomic E-state index is 0.0313. The van der Waals surface area contributed by atoms with Gasteiger partial charge in [0.05, 0.1) is 16.2 Å². The van der Waals surface area contributed by atoms with Crippen LogP contribution < -0.4 is 5.32 Å². The first-order valence-corrected chi connectivity index (χ1v) is 10.6. The molecule has 7 nitrogen and oxygen atoms in total. The lowest BCUT2D eigenvalue weighted by atomic mass is 10.2. The number of thiazole rings is 1. The van der Waals surface area contributed by atoms with E-state index >= 15 is 0 Å². The van der Waals surface area contributed by atoms with Gasteiger partial charge < -0.3 is 10.1 Å². The molecule has 0 unspecified atom stereocenters. The Kier molecular flexibility index (Phi) is 6.08. The number of carbonyl (C=O) groups excluding carboxylic acids is 1. The van der Waals surface area contributed by atoms with Gasteiger partial charge in [-0.05, 0) is 36.4 Å². The monoisotopic (exact) mass is 417 g/mol. The fourth-order valence-corrected chi connectivity index (χ4v) is 3.89. The average molecular weight is 418 g/mol. The third-order valence-corrected chi connectivity index (χ3v) is 6.43. The van der Waals surface area contributed by atoms with Gasteiger partial charge in [-0.25, -0.2) is 22.5 Å². The van der Waals surface area contributed by atoms with Gasteiger partial charge in [0, 0.05) is 25.2 Å². The summed E-state index contributed by atoms with van der Waals surface area (Å²) < 4.78 is 30.5. The molecule has 146 valence electrons. The molecule has 3 aromatic rings. The van der Waals surface area contributed by atoms with E-state index in [2.05, 4.69) is 10.3 Å². The number of nitrogens with one attached hydrogen (secondary N) is 1. The molecule has 0 atom stereocenters. The average Bonchev–Trinajstić information content (AvgIpc) is 3.14. The van der Waals surface area contributed by atoms with E-state index in [0.29, 0.717) is 10.8 Å². The number of nitrogens with zero attached hydrogens (tertiary/aromatic N) is 2. The summed E-state index contributed by atoms with van der Waals surface area (Å²) in [5.74, 6) is -0.542. The van der Waals surface area contributed by atoms with Gasteiger partial charge in [-0.15, -0.1) is 11.3 Å². The number of sulfonamides is 1. The number of anilines is 2. The van der Waals surface area contributed by atoms with E-state index in [1.807, 2.05) is 35.7 Å². The smallest absolute Gasteiger partial charge is 0.338 e. The molecule has 0 aliphatic rings. The van der Waals surface area contributed by atoms with Gasteiger partial charge in [-0.3, -0.25) is 0 Å². The fourth-order valence-electron chi connectivity index (χ4n) is 2.27. The molecule has 1 N–H and O–H groups in total. The van der Waals surface area contributed by atoms with E-state index < -0.39 is 16.0 Å². The SMILES string of the molecule is CN(C)S(=O)(=O)c1ccc(C(=O)OCc2csc(Nc3ccccc3)n2)cc1. The maximum atomic E-state index is 12.2. The standard InChI is InChI=1S/C19H19N3O4S2/c1-22(2)28(24,25)17-10-8-14(9-11-17)18(23)26-12-16-13-27-19(21-16)20-15-6-4-3-5-7-15/h3-11,13H,12H2,1-2H3,(H,20,21). The molecule has 9 heteroatoms. The van der Waals surface area contributed by atoms with Crippen LogP contribution in [0.25, 0.3) is 0 Å². The van der Waals surface area contributed by atoms with Crippen molar-refractivity contribution in [3.05, 3.63) is 71.2 Å². The highest BCUT2D eigenvalue weighted by molar-refractivity contribution is 7.89. The van der Waals surface area contributed by atoms with Gasteiger partial charge in [0.15, 0.2) is 5.13 Å². The third kappa shape index (κ3) is 4.75. The van der Waals surface area contributed by atoms with E-state index in [1.165, 1.54) is 49.7 Å². The molecule has 28 heavy (non-hydrogen) atoms. The van der Waals surface area contributed by atoms with Crippen LogP contribution in [-0.2, 0) is 21.4 Å². The molecule has 3 rings (SSSR count). The van der Waals surface area contributed by atoms with Crippen molar-refractivity contribution in [3.63, 3.8) is 0 Å². The minimum atomic E-state index is -3.53. The molecule has 1 heterocycles. The van der Waals surface area contributed by atoms with Crippen LogP contribution in [0.15, 0.2) is 64.9 Å². The highest BCUT2D eigenvalue weighted by Gasteiger charge is 2.18. The predicted octanol–water partition coefficient (Wildman–Crippen LogP) is 3.49. The van der Waals surface area contributed by atoms with E-state index in [4.69, 9.17) is 4.74 Å². The Labute approximate surface area is 167 Å². The quantitative estimate of drug-likeness (QED) is 0.592. The summed E-state index contributed by atoms with van der Waals surface area (Å²) in [7, 11) is -0.631. The number of benzene rings is 2. The van der Waals surface area contributed by atoms with Gasteiger partial charge in [0.1, 0.15) is 6.61 Å². The van der Waals surface area contributed by atoms with Crippen LogP contribution in [0.5, 0.6) is 0 Å². The van der Waals surface area contributed by atoms with Gasteiger partial charge in [0.2, 0.25) is 10.0 Å². The second-order valence-corrected chi connectivity index (χ2v) is 9.03. The Balaban J connectivity index is 1.59. The summed E-state index contributed by atoms with van der Waals surface area (Å²) in [6.07, 6.45) is 0. The number of carbonyl (C=O) groups is 1. The van der Waals surface area contributed by atoms with Crippen LogP contribution >= 0.6 is 11.3 Å². The summed E-state index contributed by atoms with van der Waals surface area (Å²) in [5.41, 5.74) is 1.83. The van der Waals surface area contributed by atoms with Crippen LogP contribution in [0.2, 0.25) is 0 Å². The number of hydrogen-bond acceptors (Lipinski definition) is 7. The Hall–Kier alpha value is -2.75. The zero-order valence-corrected chi connectivity index (χ0v) is 17.0. The normalized spacial score (nSPS) is 11.4. The van der Waals surface area contributed by atoms with Crippen molar-refractivity contribution in [1.82, 2.24) is 9.29 Å². The lowest BCUT2D eigenvalue weighted by Gasteiger charge is -2.11. The van der Waals surface area contributed by atoms with Crippen molar-refractivity contribution in [2.24, 2.45) is 0 Å². The predicted molar refractivity (Wildman–Crippen MR) is 108 cm³/mol. The first-order valence-electron chi connectivity index (χ1n) is 8.32. The van der Waals surface area contributed by atoms with Crippen LogP contribution in [0, 0.1) is 0 Å². The van der Waals surface area contributed by atoms with E-state index in [1.54, 1.807) is 0 Å². The molecule has 0 radical (unpaired) electrons. The van der Waals surface area contributed by atoms with E-state index in [0.717, 1.165) is 9.99 Å². The summed E-state index contributed by atoms with van der Waals surface area (Å²) >= 11 is 1.41. The molecule has 0 spiro atoms. The zero-order valence-electron chi connectivity index (χ0n) is 15.3. The molecule has 0 saturated carbocycles. The van der Waals surface area contributed by atoms with Crippen molar-refractivity contribution in [2.75, 3.05) is 19.4 Å². The molecule has 2 aromatic carbocycles. The molecule has 0 bridgehead atoms. The molecular weight excluding hydrogens is 398 g/mol. The topological polar surface area (TPSA) is 88.6 Å². The molecule has 0 saturated heterocycles. The Morgan fingerprint density at radius 3 is 2.43 bits per heavy atom. The van der Waals surface area contributed by atoms with E-state index in [9.17, 15) is 13.2 Å². The summed E-state index contributed by atoms with van der Waals surface area (Å²) in [4.78, 5) is 16.7. The Morgan fingerprint density at radius 1 is 1.11 bits per heavy atom. The van der Waals surface area contributed by atoms with Crippen molar-refractivity contribution >= 4 is 38.1 Å². The Morgan fingerprint density at radius 2 is 1.79 bits per heavy atom. The molecular formula is C19H19N3O4S2. The number of para-hydroxylation sites is 1. The molecule has 1 aromatic heterocycles. The number of hydrogen-bond donors (Lipinski definition) is 1. The number of rotatable bonds is 7. The number of ether oxygens (including phenoxy) is 1. The molecule has 0 aliphatic carbocycles. The van der Waals surface area contributed by atoms with Crippen molar-refractivity contribution in [1.29, 1.82) is 0 Å². The second-order valence-electron chi connectivity index (χ2n) is 6.02. The lowest BCUT2D eigenvalue weighted by Crippen LogP contribution is -2.22. The molecule has 0 aliphatic heterocycles. The number of esters is 1. The number of aromatic nitrogens is 1. The maximum Gasteiger partial charge on any atom is 0.338 e. The highest BCUT2D eigenvalue weighted by Crippen LogP contribution is 2.21. The fraction of sp³-hybridized carbons (Fsp3) is 0.158. The highest BCUT2D eigenvalue weighted by atomic mass is 32.2. The third-order valence-electron chi connectivity index (χ3n) is 3.80.